The average molecular weight is 369 g/mol. The summed E-state index contributed by atoms with van der Waals surface area (Å²) in [5.74, 6) is -2.42. The molecule has 12 heteroatoms. The van der Waals surface area contributed by atoms with Crippen LogP contribution >= 0.6 is 0 Å². The lowest BCUT2D eigenvalue weighted by atomic mass is 10.1. The summed E-state index contributed by atoms with van der Waals surface area (Å²) in [4.78, 5) is 18.7. The van der Waals surface area contributed by atoms with Gasteiger partial charge < -0.3 is 5.32 Å². The number of carbonyl (C=O) groups excluding carboxylic acids is 1. The van der Waals surface area contributed by atoms with E-state index < -0.39 is 30.6 Å². The Morgan fingerprint density at radius 2 is 1.76 bits per heavy atom. The molecule has 0 unspecified atom stereocenters. The lowest BCUT2D eigenvalue weighted by molar-refractivity contribution is -0.144. The molecule has 0 aliphatic rings. The maximum Gasteiger partial charge on any atom is 0.453 e. The molecule has 0 fully saturated rings. The molecular weight excluding hydrogens is 356 g/mol. The Morgan fingerprint density at radius 1 is 1.12 bits per heavy atom. The Bertz CT molecular complexity index is 795. The first-order valence-corrected chi connectivity index (χ1v) is 7.02. The van der Waals surface area contributed by atoms with Gasteiger partial charge >= 0.3 is 12.4 Å². The molecule has 0 aliphatic heterocycles. The highest BCUT2D eigenvalue weighted by atomic mass is 19.4. The van der Waals surface area contributed by atoms with Crippen molar-refractivity contribution in [1.29, 1.82) is 0 Å². The third-order valence-electron chi connectivity index (χ3n) is 3.39. The van der Waals surface area contributed by atoms with E-state index in [1.807, 2.05) is 0 Å². The van der Waals surface area contributed by atoms with Crippen molar-refractivity contribution in [2.24, 2.45) is 0 Å². The molecule has 0 aliphatic carbocycles. The van der Waals surface area contributed by atoms with Crippen LogP contribution in [0.5, 0.6) is 0 Å². The van der Waals surface area contributed by atoms with Gasteiger partial charge in [0.15, 0.2) is 0 Å². The summed E-state index contributed by atoms with van der Waals surface area (Å²) in [6, 6.07) is 0. The maximum atomic E-state index is 12.7. The number of aromatic nitrogens is 4. The number of fused-ring (bicyclic) bond motifs is 1. The molecule has 0 bridgehead atoms. The fourth-order valence-electron chi connectivity index (χ4n) is 2.22. The van der Waals surface area contributed by atoms with Gasteiger partial charge in [-0.25, -0.2) is 9.50 Å². The van der Waals surface area contributed by atoms with Crippen LogP contribution in [0.15, 0.2) is 0 Å². The van der Waals surface area contributed by atoms with Gasteiger partial charge in [-0.05, 0) is 25.8 Å². The van der Waals surface area contributed by atoms with E-state index in [1.54, 1.807) is 5.32 Å². The topological polar surface area (TPSA) is 72.2 Å². The van der Waals surface area contributed by atoms with E-state index in [1.165, 1.54) is 13.8 Å². The normalized spacial score (nSPS) is 12.6. The Kier molecular flexibility index (Phi) is 4.91. The van der Waals surface area contributed by atoms with Crippen molar-refractivity contribution in [2.75, 3.05) is 6.54 Å². The summed E-state index contributed by atoms with van der Waals surface area (Å²) < 4.78 is 75.1. The summed E-state index contributed by atoms with van der Waals surface area (Å²) >= 11 is 0. The highest BCUT2D eigenvalue weighted by Gasteiger charge is 2.37. The van der Waals surface area contributed by atoms with E-state index in [4.69, 9.17) is 0 Å². The van der Waals surface area contributed by atoms with Gasteiger partial charge in [-0.2, -0.15) is 31.3 Å². The standard InChI is InChI=1S/C13H13F6N5O/c1-6-8(3-4-9(25)20-5-12(14,15)16)7(2)24-11(21-6)22-10(23-24)13(17,18)19/h3-5H2,1-2H3,(H,20,25). The zero-order valence-electron chi connectivity index (χ0n) is 13.1. The van der Waals surface area contributed by atoms with E-state index >= 15 is 0 Å². The van der Waals surface area contributed by atoms with Crippen LogP contribution < -0.4 is 5.32 Å². The molecule has 6 nitrogen and oxygen atoms in total. The van der Waals surface area contributed by atoms with Gasteiger partial charge in [-0.3, -0.25) is 4.79 Å². The number of hydrogen-bond acceptors (Lipinski definition) is 4. The molecule has 0 spiro atoms. The van der Waals surface area contributed by atoms with Crippen molar-refractivity contribution in [3.8, 4) is 0 Å². The molecule has 2 aromatic rings. The predicted molar refractivity (Wildman–Crippen MR) is 72.6 cm³/mol. The largest absolute Gasteiger partial charge is 0.453 e. The zero-order valence-corrected chi connectivity index (χ0v) is 13.1. The van der Waals surface area contributed by atoms with Gasteiger partial charge in [0, 0.05) is 17.8 Å². The second-order valence-electron chi connectivity index (χ2n) is 5.30. The molecule has 2 aromatic heterocycles. The molecule has 25 heavy (non-hydrogen) atoms. The number of halogens is 6. The van der Waals surface area contributed by atoms with E-state index in [2.05, 4.69) is 15.1 Å². The molecule has 1 amide bonds. The number of nitrogens with one attached hydrogen (secondary N) is 1. The van der Waals surface area contributed by atoms with Crippen molar-refractivity contribution >= 4 is 11.7 Å². The Balaban J connectivity index is 2.20. The van der Waals surface area contributed by atoms with Gasteiger partial charge in [-0.1, -0.05) is 0 Å². The Morgan fingerprint density at radius 3 is 2.32 bits per heavy atom. The van der Waals surface area contributed by atoms with Crippen molar-refractivity contribution in [1.82, 2.24) is 24.9 Å². The number of rotatable bonds is 4. The van der Waals surface area contributed by atoms with Crippen LogP contribution in [0.2, 0.25) is 0 Å². The molecule has 0 saturated heterocycles. The molecule has 2 heterocycles. The van der Waals surface area contributed by atoms with E-state index in [0.717, 1.165) is 4.52 Å². The number of aryl methyl sites for hydroxylation is 2. The minimum Gasteiger partial charge on any atom is -0.347 e. The monoisotopic (exact) mass is 369 g/mol. The molecule has 138 valence electrons. The van der Waals surface area contributed by atoms with Gasteiger partial charge in [-0.15, -0.1) is 5.10 Å². The fraction of sp³-hybridized carbons (Fsp3) is 0.538. The minimum atomic E-state index is -4.73. The quantitative estimate of drug-likeness (QED) is 0.840. The van der Waals surface area contributed by atoms with Crippen LogP contribution in [0.25, 0.3) is 5.78 Å². The summed E-state index contributed by atoms with van der Waals surface area (Å²) in [6.45, 7) is 1.54. The maximum absolute atomic E-state index is 12.7. The zero-order chi connectivity index (χ0) is 19.0. The van der Waals surface area contributed by atoms with Crippen molar-refractivity contribution in [2.45, 2.75) is 39.0 Å². The molecule has 0 aromatic carbocycles. The van der Waals surface area contributed by atoms with Gasteiger partial charge in [0.25, 0.3) is 11.6 Å². The lowest BCUT2D eigenvalue weighted by Gasteiger charge is -2.11. The van der Waals surface area contributed by atoms with Crippen LogP contribution in [-0.2, 0) is 17.4 Å². The number of amides is 1. The predicted octanol–water partition coefficient (Wildman–Crippen LogP) is 2.37. The second-order valence-corrected chi connectivity index (χ2v) is 5.30. The van der Waals surface area contributed by atoms with E-state index in [9.17, 15) is 31.1 Å². The van der Waals surface area contributed by atoms with Gasteiger partial charge in [0.1, 0.15) is 6.54 Å². The lowest BCUT2D eigenvalue weighted by Crippen LogP contribution is -2.33. The molecular formula is C13H13F6N5O. The van der Waals surface area contributed by atoms with Crippen molar-refractivity contribution in [3.63, 3.8) is 0 Å². The number of carbonyl (C=O) groups is 1. The van der Waals surface area contributed by atoms with Crippen LogP contribution in [-0.4, -0.2) is 38.2 Å². The second kappa shape index (κ2) is 6.48. The van der Waals surface area contributed by atoms with Crippen LogP contribution in [0, 0.1) is 13.8 Å². The summed E-state index contributed by atoms with van der Waals surface area (Å²) in [7, 11) is 0. The Labute approximate surface area is 137 Å². The molecule has 0 saturated carbocycles. The molecule has 2 rings (SSSR count). The third-order valence-corrected chi connectivity index (χ3v) is 3.39. The smallest absolute Gasteiger partial charge is 0.347 e. The van der Waals surface area contributed by atoms with Crippen LogP contribution in [0.3, 0.4) is 0 Å². The first kappa shape index (κ1) is 18.9. The summed E-state index contributed by atoms with van der Waals surface area (Å²) in [5, 5.41) is 5.07. The number of alkyl halides is 6. The summed E-state index contributed by atoms with van der Waals surface area (Å²) in [5.41, 5.74) is 1.04. The first-order chi connectivity index (χ1) is 11.4. The minimum absolute atomic E-state index is 0.00546. The van der Waals surface area contributed by atoms with Crippen molar-refractivity contribution in [3.05, 3.63) is 22.8 Å². The highest BCUT2D eigenvalue weighted by Crippen LogP contribution is 2.27. The van der Waals surface area contributed by atoms with Crippen molar-refractivity contribution < 1.29 is 31.1 Å². The van der Waals surface area contributed by atoms with E-state index in [-0.39, 0.29) is 24.3 Å². The van der Waals surface area contributed by atoms with E-state index in [0.29, 0.717) is 11.3 Å². The first-order valence-electron chi connectivity index (χ1n) is 7.02. The van der Waals surface area contributed by atoms with Gasteiger partial charge in [0.05, 0.1) is 0 Å². The highest BCUT2D eigenvalue weighted by molar-refractivity contribution is 5.76. The third kappa shape index (κ3) is 4.57. The average Bonchev–Trinajstić information content (AvgIpc) is 2.88. The number of hydrogen-bond donors (Lipinski definition) is 1. The molecule has 1 N–H and O–H groups in total. The molecule has 0 atom stereocenters. The summed E-state index contributed by atoms with van der Waals surface area (Å²) in [6.07, 6.45) is -9.51. The van der Waals surface area contributed by atoms with Crippen LogP contribution in [0.1, 0.15) is 29.2 Å². The Hall–Kier alpha value is -2.40. The van der Waals surface area contributed by atoms with Gasteiger partial charge in [0.2, 0.25) is 5.91 Å². The fourth-order valence-corrected chi connectivity index (χ4v) is 2.22. The number of nitrogens with zero attached hydrogens (tertiary/aromatic N) is 4. The molecule has 0 radical (unpaired) electrons. The SMILES string of the molecule is Cc1nc2nc(C(F)(F)F)nn2c(C)c1CCC(=O)NCC(F)(F)F. The van der Waals surface area contributed by atoms with Crippen LogP contribution in [0.4, 0.5) is 26.3 Å².